The van der Waals surface area contributed by atoms with E-state index in [1.54, 1.807) is 25.3 Å². The molecule has 1 amide bonds. The van der Waals surface area contributed by atoms with E-state index >= 15 is 0 Å². The number of hydrogen-bond acceptors (Lipinski definition) is 4. The summed E-state index contributed by atoms with van der Waals surface area (Å²) in [5.41, 5.74) is 2.12. The van der Waals surface area contributed by atoms with Crippen molar-refractivity contribution in [3.05, 3.63) is 47.0 Å². The van der Waals surface area contributed by atoms with Crippen LogP contribution in [0.3, 0.4) is 0 Å². The fourth-order valence-corrected chi connectivity index (χ4v) is 3.26. The predicted molar refractivity (Wildman–Crippen MR) is 96.0 cm³/mol. The maximum absolute atomic E-state index is 13.2. The lowest BCUT2D eigenvalue weighted by Crippen LogP contribution is -2.47. The molecule has 4 rings (SSSR count). The van der Waals surface area contributed by atoms with Crippen LogP contribution in [0.4, 0.5) is 13.2 Å². The van der Waals surface area contributed by atoms with Crippen molar-refractivity contribution in [3.63, 3.8) is 0 Å². The van der Waals surface area contributed by atoms with Crippen molar-refractivity contribution in [3.8, 4) is 11.3 Å². The van der Waals surface area contributed by atoms with Crippen LogP contribution in [0.5, 0.6) is 0 Å². The molecule has 1 saturated carbocycles. The average Bonchev–Trinajstić information content (AvgIpc) is 3.36. The van der Waals surface area contributed by atoms with Crippen LogP contribution in [-0.2, 0) is 0 Å². The smallest absolute Gasteiger partial charge is 0.339 e. The number of carbonyl (C=O) groups is 1. The molecule has 146 valence electrons. The Kier molecular flexibility index (Phi) is 4.49. The highest BCUT2D eigenvalue weighted by molar-refractivity contribution is 6.30. The highest BCUT2D eigenvalue weighted by Crippen LogP contribution is 2.40. The summed E-state index contributed by atoms with van der Waals surface area (Å²) in [5, 5.41) is 6.89. The van der Waals surface area contributed by atoms with Gasteiger partial charge < -0.3 is 5.32 Å². The summed E-state index contributed by atoms with van der Waals surface area (Å²) < 4.78 is 41.0. The van der Waals surface area contributed by atoms with E-state index in [-0.39, 0.29) is 5.69 Å². The van der Waals surface area contributed by atoms with Crippen LogP contribution < -0.4 is 5.32 Å². The van der Waals surface area contributed by atoms with Gasteiger partial charge in [-0.25, -0.2) is 9.50 Å². The van der Waals surface area contributed by atoms with Crippen molar-refractivity contribution in [2.75, 3.05) is 0 Å². The highest BCUT2D eigenvalue weighted by atomic mass is 35.5. The molecule has 1 atom stereocenters. The van der Waals surface area contributed by atoms with Gasteiger partial charge in [-0.15, -0.1) is 0 Å². The molecule has 0 spiro atoms. The zero-order valence-corrected chi connectivity index (χ0v) is 15.4. The molecule has 0 bridgehead atoms. The molecule has 10 heteroatoms. The van der Waals surface area contributed by atoms with Crippen molar-refractivity contribution in [1.29, 1.82) is 0 Å². The van der Waals surface area contributed by atoms with Gasteiger partial charge in [0.1, 0.15) is 6.04 Å². The molecular formula is C18H15ClF3N5O. The largest absolute Gasteiger partial charge is 0.408 e. The molecule has 3 aromatic heterocycles. The van der Waals surface area contributed by atoms with Crippen molar-refractivity contribution >= 4 is 23.2 Å². The van der Waals surface area contributed by atoms with E-state index in [2.05, 4.69) is 20.4 Å². The van der Waals surface area contributed by atoms with Gasteiger partial charge in [-0.1, -0.05) is 11.6 Å². The van der Waals surface area contributed by atoms with E-state index in [1.807, 2.05) is 0 Å². The second-order valence-electron chi connectivity index (χ2n) is 6.81. The summed E-state index contributed by atoms with van der Waals surface area (Å²) in [6.07, 6.45) is 0.648. The number of aromatic nitrogens is 4. The third-order valence-corrected chi connectivity index (χ3v) is 4.82. The minimum atomic E-state index is -4.50. The molecule has 1 N–H and O–H groups in total. The lowest BCUT2D eigenvalue weighted by molar-refractivity contribution is -0.158. The van der Waals surface area contributed by atoms with Crippen LogP contribution in [0.1, 0.15) is 28.9 Å². The maximum atomic E-state index is 13.2. The van der Waals surface area contributed by atoms with Gasteiger partial charge in [0, 0.05) is 18.0 Å². The van der Waals surface area contributed by atoms with Crippen molar-refractivity contribution in [2.45, 2.75) is 32.0 Å². The Morgan fingerprint density at radius 3 is 2.68 bits per heavy atom. The summed E-state index contributed by atoms with van der Waals surface area (Å²) in [6, 6.07) is 1.54. The first kappa shape index (κ1) is 18.7. The number of carbonyl (C=O) groups excluding carboxylic acids is 1. The van der Waals surface area contributed by atoms with E-state index in [0.717, 1.165) is 0 Å². The summed E-state index contributed by atoms with van der Waals surface area (Å²) >= 11 is 5.97. The quantitative estimate of drug-likeness (QED) is 0.711. The number of rotatable bonds is 4. The van der Waals surface area contributed by atoms with Gasteiger partial charge in [0.25, 0.3) is 5.91 Å². The molecule has 1 fully saturated rings. The monoisotopic (exact) mass is 409 g/mol. The number of nitrogens with one attached hydrogen (secondary N) is 1. The molecule has 1 aliphatic rings. The molecule has 0 aromatic carbocycles. The van der Waals surface area contributed by atoms with E-state index in [0.29, 0.717) is 40.3 Å². The Hall–Kier alpha value is -2.68. The minimum absolute atomic E-state index is 0.0650. The van der Waals surface area contributed by atoms with Crippen LogP contribution >= 0.6 is 11.6 Å². The van der Waals surface area contributed by atoms with E-state index < -0.39 is 24.0 Å². The number of alkyl halides is 3. The first-order valence-electron chi connectivity index (χ1n) is 8.58. The van der Waals surface area contributed by atoms with Crippen LogP contribution in [0.2, 0.25) is 5.02 Å². The number of fused-ring (bicyclic) bond motifs is 1. The number of hydrogen-bond donors (Lipinski definition) is 1. The van der Waals surface area contributed by atoms with Crippen LogP contribution in [0.25, 0.3) is 16.9 Å². The lowest BCUT2D eigenvalue weighted by Gasteiger charge is -2.21. The van der Waals surface area contributed by atoms with E-state index in [9.17, 15) is 18.0 Å². The summed E-state index contributed by atoms with van der Waals surface area (Å²) in [7, 11) is 0. The van der Waals surface area contributed by atoms with Crippen LogP contribution in [0, 0.1) is 12.8 Å². The average molecular weight is 410 g/mol. The predicted octanol–water partition coefficient (Wildman–Crippen LogP) is 3.82. The number of nitrogens with zero attached hydrogens (tertiary/aromatic N) is 4. The Morgan fingerprint density at radius 1 is 1.29 bits per heavy atom. The van der Waals surface area contributed by atoms with Gasteiger partial charge in [-0.3, -0.25) is 9.78 Å². The second-order valence-corrected chi connectivity index (χ2v) is 7.25. The fraction of sp³-hybridized carbons (Fsp3) is 0.333. The van der Waals surface area contributed by atoms with Crippen molar-refractivity contribution in [1.82, 2.24) is 24.9 Å². The van der Waals surface area contributed by atoms with Gasteiger partial charge >= 0.3 is 6.18 Å². The molecule has 1 unspecified atom stereocenters. The van der Waals surface area contributed by atoms with E-state index in [4.69, 9.17) is 11.6 Å². The zero-order valence-electron chi connectivity index (χ0n) is 14.7. The molecule has 6 nitrogen and oxygen atoms in total. The SMILES string of the molecule is Cc1cc(-c2cncc(Cl)c2)nn2c(C(=O)NC(C3CC3)C(F)(F)F)cnc12. The molecule has 0 saturated heterocycles. The van der Waals surface area contributed by atoms with Gasteiger partial charge in [-0.05, 0) is 43.4 Å². The maximum Gasteiger partial charge on any atom is 0.408 e. The Balaban J connectivity index is 1.72. The molecule has 3 heterocycles. The molecule has 28 heavy (non-hydrogen) atoms. The first-order chi connectivity index (χ1) is 13.2. The number of imidazole rings is 1. The number of aryl methyl sites for hydroxylation is 1. The van der Waals surface area contributed by atoms with Gasteiger partial charge in [-0.2, -0.15) is 18.3 Å². The fourth-order valence-electron chi connectivity index (χ4n) is 3.08. The highest BCUT2D eigenvalue weighted by Gasteiger charge is 2.49. The Labute approximate surface area is 162 Å². The van der Waals surface area contributed by atoms with Crippen molar-refractivity contribution < 1.29 is 18.0 Å². The lowest BCUT2D eigenvalue weighted by atomic mass is 10.1. The zero-order chi connectivity index (χ0) is 20.1. The topological polar surface area (TPSA) is 72.2 Å². The van der Waals surface area contributed by atoms with Gasteiger partial charge in [0.15, 0.2) is 11.3 Å². The molecule has 0 radical (unpaired) electrons. The first-order valence-corrected chi connectivity index (χ1v) is 8.95. The van der Waals surface area contributed by atoms with Crippen LogP contribution in [-0.4, -0.2) is 37.7 Å². The molecular weight excluding hydrogens is 395 g/mol. The third-order valence-electron chi connectivity index (χ3n) is 4.62. The minimum Gasteiger partial charge on any atom is -0.339 e. The summed E-state index contributed by atoms with van der Waals surface area (Å²) in [5.74, 6) is -1.44. The number of amides is 1. The standard InChI is InChI=1S/C18H15ClF3N5O/c1-9-4-13(11-5-12(19)7-23-6-11)26-27-14(8-24-16(9)27)17(28)25-15(10-2-3-10)18(20,21)22/h4-8,10,15H,2-3H2,1H3,(H,25,28). The Bertz CT molecular complexity index is 1060. The van der Waals surface area contributed by atoms with E-state index in [1.165, 1.54) is 16.9 Å². The summed E-state index contributed by atoms with van der Waals surface area (Å²) in [4.78, 5) is 20.7. The summed E-state index contributed by atoms with van der Waals surface area (Å²) in [6.45, 7) is 1.77. The normalized spacial score (nSPS) is 15.6. The number of halogens is 4. The molecule has 1 aliphatic carbocycles. The molecule has 3 aromatic rings. The second kappa shape index (κ2) is 6.73. The third kappa shape index (κ3) is 3.54. The van der Waals surface area contributed by atoms with Gasteiger partial charge in [0.05, 0.1) is 16.9 Å². The number of pyridine rings is 1. The Morgan fingerprint density at radius 2 is 2.04 bits per heavy atom. The molecule has 0 aliphatic heterocycles. The van der Waals surface area contributed by atoms with Crippen molar-refractivity contribution in [2.24, 2.45) is 5.92 Å². The van der Waals surface area contributed by atoms with Gasteiger partial charge in [0.2, 0.25) is 0 Å². The van der Waals surface area contributed by atoms with Crippen LogP contribution in [0.15, 0.2) is 30.7 Å².